The molecule has 4 N–H and O–H groups in total. The molecule has 1 aromatic rings. The van der Waals surface area contributed by atoms with E-state index < -0.39 is 24.4 Å². The van der Waals surface area contributed by atoms with Crippen LogP contribution in [0.2, 0.25) is 0 Å². The van der Waals surface area contributed by atoms with Crippen molar-refractivity contribution in [3.8, 4) is 0 Å². The second-order valence-electron chi connectivity index (χ2n) is 9.83. The normalized spacial score (nSPS) is 31.9. The summed E-state index contributed by atoms with van der Waals surface area (Å²) < 4.78 is 16.8. The number of carbonyl (C=O) groups is 2. The number of nitrogens with two attached hydrogens (primary N) is 1. The van der Waals surface area contributed by atoms with E-state index in [2.05, 4.69) is 12.2 Å². The number of allylic oxidation sites excluding steroid dienone is 1. The fourth-order valence-electron chi connectivity index (χ4n) is 4.75. The average Bonchev–Trinajstić information content (AvgIpc) is 2.82. The van der Waals surface area contributed by atoms with Gasteiger partial charge in [0.05, 0.1) is 18.3 Å². The number of methoxy groups -OCH3 is 2. The summed E-state index contributed by atoms with van der Waals surface area (Å²) in [5, 5.41) is 14.1. The van der Waals surface area contributed by atoms with E-state index in [-0.39, 0.29) is 23.8 Å². The third kappa shape index (κ3) is 8.76. The Morgan fingerprint density at radius 1 is 1.14 bits per heavy atom. The summed E-state index contributed by atoms with van der Waals surface area (Å²) in [6.45, 7) is 7.62. The molecule has 8 heteroatoms. The summed E-state index contributed by atoms with van der Waals surface area (Å²) in [4.78, 5) is 24.4. The minimum absolute atomic E-state index is 0.176. The number of carbonyl (C=O) groups excluding carboxylic acids is 2. The molecular formula is C28H42N2O6. The maximum absolute atomic E-state index is 12.7. The SMILES string of the molecule is CO[C@H]1C[C@H](C)Cc2cccc(c2)NC(=O)/C(C)=C\CC[C@H](OC)[C@H](OC(N)=O)/C(C)=C/[C@H](C)[C@H]1O. The molecule has 0 spiro atoms. The zero-order chi connectivity index (χ0) is 26.8. The third-order valence-corrected chi connectivity index (χ3v) is 6.74. The molecule has 1 aliphatic heterocycles. The topological polar surface area (TPSA) is 120 Å². The number of anilines is 1. The summed E-state index contributed by atoms with van der Waals surface area (Å²) in [6.07, 6.45) is 2.91. The molecule has 0 unspecified atom stereocenters. The fraction of sp³-hybridized carbons (Fsp3) is 0.571. The van der Waals surface area contributed by atoms with Gasteiger partial charge in [0.25, 0.3) is 5.91 Å². The van der Waals surface area contributed by atoms with E-state index in [0.29, 0.717) is 24.8 Å². The van der Waals surface area contributed by atoms with Gasteiger partial charge in [0.15, 0.2) is 6.10 Å². The van der Waals surface area contributed by atoms with Crippen molar-refractivity contribution in [2.45, 2.75) is 77.8 Å². The number of rotatable bonds is 3. The van der Waals surface area contributed by atoms with Crippen LogP contribution in [0.25, 0.3) is 0 Å². The molecule has 0 saturated heterocycles. The first-order valence-electron chi connectivity index (χ1n) is 12.5. The maximum Gasteiger partial charge on any atom is 0.405 e. The first-order chi connectivity index (χ1) is 17.0. The van der Waals surface area contributed by atoms with Gasteiger partial charge in [0.1, 0.15) is 0 Å². The number of aliphatic hydroxyl groups excluding tert-OH is 1. The second kappa shape index (κ2) is 14.2. The molecule has 6 atom stereocenters. The largest absolute Gasteiger partial charge is 0.439 e. The maximum atomic E-state index is 12.7. The van der Waals surface area contributed by atoms with E-state index in [0.717, 1.165) is 23.2 Å². The number of nitrogens with one attached hydrogen (secondary N) is 1. The van der Waals surface area contributed by atoms with E-state index in [4.69, 9.17) is 19.9 Å². The molecule has 0 fully saturated rings. The first kappa shape index (κ1) is 29.5. The molecule has 2 rings (SSSR count). The van der Waals surface area contributed by atoms with Crippen LogP contribution in [0.3, 0.4) is 0 Å². The van der Waals surface area contributed by atoms with Gasteiger partial charge in [-0.1, -0.05) is 38.1 Å². The standard InChI is InChI=1S/C28H42N2O6/c1-17-13-21-10-8-11-22(16-21)30-27(32)18(2)9-7-12-23(34-5)26(36-28(29)33)20(4)15-19(3)25(31)24(14-17)35-6/h8-11,15-17,19,23-26,31H,7,12-14H2,1-6H3,(H2,29,33)(H,30,32)/b18-9-,20-15+/t17-,19+,23+,24+,25-,26-/m1/s1. The van der Waals surface area contributed by atoms with Gasteiger partial charge in [-0.25, -0.2) is 4.79 Å². The lowest BCUT2D eigenvalue weighted by molar-refractivity contribution is -0.112. The Bertz CT molecular complexity index is 944. The highest BCUT2D eigenvalue weighted by Gasteiger charge is 2.29. The molecule has 0 aromatic heterocycles. The van der Waals surface area contributed by atoms with Crippen LogP contribution >= 0.6 is 0 Å². The number of aliphatic hydroxyl groups is 1. The number of hydrogen-bond acceptors (Lipinski definition) is 6. The van der Waals surface area contributed by atoms with Gasteiger partial charge in [0.2, 0.25) is 0 Å². The number of amides is 2. The van der Waals surface area contributed by atoms with Crippen LogP contribution in [0.5, 0.6) is 0 Å². The molecule has 1 aliphatic rings. The number of primary amides is 1. The lowest BCUT2D eigenvalue weighted by atomic mass is 9.88. The molecule has 2 amide bonds. The highest BCUT2D eigenvalue weighted by Crippen LogP contribution is 2.26. The predicted molar refractivity (Wildman–Crippen MR) is 141 cm³/mol. The Kier molecular flexibility index (Phi) is 11.6. The molecule has 0 aliphatic carbocycles. The van der Waals surface area contributed by atoms with Crippen LogP contribution in [-0.2, 0) is 25.4 Å². The van der Waals surface area contributed by atoms with Gasteiger partial charge in [0, 0.05) is 31.4 Å². The van der Waals surface area contributed by atoms with Crippen molar-refractivity contribution in [3.05, 3.63) is 53.1 Å². The summed E-state index contributed by atoms with van der Waals surface area (Å²) in [5.41, 5.74) is 8.50. The van der Waals surface area contributed by atoms with Gasteiger partial charge in [-0.3, -0.25) is 4.79 Å². The smallest absolute Gasteiger partial charge is 0.405 e. The monoisotopic (exact) mass is 502 g/mol. The van der Waals surface area contributed by atoms with Crippen molar-refractivity contribution < 1.29 is 28.9 Å². The van der Waals surface area contributed by atoms with Crippen LogP contribution in [0.15, 0.2) is 47.6 Å². The van der Waals surface area contributed by atoms with Crippen molar-refractivity contribution in [2.75, 3.05) is 19.5 Å². The highest BCUT2D eigenvalue weighted by molar-refractivity contribution is 6.03. The second-order valence-corrected chi connectivity index (χ2v) is 9.83. The van der Waals surface area contributed by atoms with E-state index in [1.807, 2.05) is 50.3 Å². The van der Waals surface area contributed by atoms with E-state index >= 15 is 0 Å². The van der Waals surface area contributed by atoms with Gasteiger partial charge < -0.3 is 30.4 Å². The van der Waals surface area contributed by atoms with Gasteiger partial charge in [-0.15, -0.1) is 0 Å². The first-order valence-corrected chi connectivity index (χ1v) is 12.5. The van der Waals surface area contributed by atoms with Crippen LogP contribution in [0.1, 0.15) is 52.5 Å². The number of hydrogen-bond donors (Lipinski definition) is 3. The Morgan fingerprint density at radius 3 is 2.47 bits per heavy atom. The Balaban J connectivity index is 2.43. The number of fused-ring (bicyclic) bond motifs is 2. The molecule has 0 radical (unpaired) electrons. The van der Waals surface area contributed by atoms with E-state index in [9.17, 15) is 14.7 Å². The highest BCUT2D eigenvalue weighted by atomic mass is 16.6. The molecule has 1 aromatic carbocycles. The number of ether oxygens (including phenoxy) is 3. The molecule has 8 nitrogen and oxygen atoms in total. The lowest BCUT2D eigenvalue weighted by Gasteiger charge is -2.30. The molecule has 0 saturated carbocycles. The quantitative estimate of drug-likeness (QED) is 0.528. The predicted octanol–water partition coefficient (Wildman–Crippen LogP) is 4.37. The van der Waals surface area contributed by atoms with Crippen molar-refractivity contribution in [1.29, 1.82) is 0 Å². The molecule has 1 heterocycles. The zero-order valence-electron chi connectivity index (χ0n) is 22.3. The zero-order valence-corrected chi connectivity index (χ0v) is 22.3. The van der Waals surface area contributed by atoms with Gasteiger partial charge >= 0.3 is 6.09 Å². The minimum atomic E-state index is -0.905. The summed E-state index contributed by atoms with van der Waals surface area (Å²) in [5.74, 6) is -0.224. The van der Waals surface area contributed by atoms with Gasteiger partial charge in [-0.2, -0.15) is 0 Å². The Labute approximate surface area is 214 Å². The molecule has 2 bridgehead atoms. The molecular weight excluding hydrogens is 460 g/mol. The van der Waals surface area contributed by atoms with Crippen molar-refractivity contribution in [2.24, 2.45) is 17.6 Å². The summed E-state index contributed by atoms with van der Waals surface area (Å²) in [7, 11) is 3.15. The number of benzene rings is 1. The van der Waals surface area contributed by atoms with Crippen LogP contribution < -0.4 is 11.1 Å². The van der Waals surface area contributed by atoms with E-state index in [1.165, 1.54) is 0 Å². The third-order valence-electron chi connectivity index (χ3n) is 6.74. The van der Waals surface area contributed by atoms with Crippen LogP contribution in [0.4, 0.5) is 10.5 Å². The lowest BCUT2D eigenvalue weighted by Crippen LogP contribution is -2.37. The summed E-state index contributed by atoms with van der Waals surface area (Å²) in [6, 6.07) is 7.82. The Hall–Kier alpha value is -2.68. The van der Waals surface area contributed by atoms with Gasteiger partial charge in [-0.05, 0) is 68.7 Å². The minimum Gasteiger partial charge on any atom is -0.439 e. The van der Waals surface area contributed by atoms with E-state index in [1.54, 1.807) is 21.1 Å². The van der Waals surface area contributed by atoms with Crippen molar-refractivity contribution in [3.63, 3.8) is 0 Å². The van der Waals surface area contributed by atoms with Crippen LogP contribution in [0, 0.1) is 11.8 Å². The Morgan fingerprint density at radius 2 is 1.83 bits per heavy atom. The summed E-state index contributed by atoms with van der Waals surface area (Å²) >= 11 is 0. The molecule has 36 heavy (non-hydrogen) atoms. The average molecular weight is 503 g/mol. The van der Waals surface area contributed by atoms with Crippen molar-refractivity contribution >= 4 is 17.7 Å². The molecule has 200 valence electrons. The van der Waals surface area contributed by atoms with Crippen LogP contribution in [-0.4, -0.2) is 55.7 Å². The van der Waals surface area contributed by atoms with Crippen molar-refractivity contribution in [1.82, 2.24) is 0 Å². The fourth-order valence-corrected chi connectivity index (χ4v) is 4.75.